The van der Waals surface area contributed by atoms with Gasteiger partial charge in [0.1, 0.15) is 11.6 Å². The third-order valence-corrected chi connectivity index (χ3v) is 3.46. The number of likely N-dealkylation sites (N-methyl/N-ethyl adjacent to an activating group) is 1. The van der Waals surface area contributed by atoms with Crippen LogP contribution < -0.4 is 5.32 Å². The first kappa shape index (κ1) is 13.4. The van der Waals surface area contributed by atoms with Gasteiger partial charge in [-0.1, -0.05) is 0 Å². The van der Waals surface area contributed by atoms with Crippen molar-refractivity contribution in [1.82, 2.24) is 5.32 Å². The average molecular weight is 255 g/mol. The predicted molar refractivity (Wildman–Crippen MR) is 66.5 cm³/mol. The molecule has 0 spiro atoms. The molecule has 1 fully saturated rings. The molecule has 3 atom stereocenters. The molecule has 2 nitrogen and oxygen atoms in total. The Morgan fingerprint density at radius 3 is 2.44 bits per heavy atom. The van der Waals surface area contributed by atoms with E-state index in [-0.39, 0.29) is 18.2 Å². The first-order valence-electron chi connectivity index (χ1n) is 6.36. The van der Waals surface area contributed by atoms with Crippen LogP contribution in [0.25, 0.3) is 0 Å². The lowest BCUT2D eigenvalue weighted by atomic mass is 9.99. The molecule has 0 aliphatic carbocycles. The van der Waals surface area contributed by atoms with Crippen molar-refractivity contribution in [3.8, 4) is 0 Å². The van der Waals surface area contributed by atoms with Gasteiger partial charge in [0.25, 0.3) is 0 Å². The van der Waals surface area contributed by atoms with Gasteiger partial charge < -0.3 is 10.1 Å². The molecule has 1 N–H and O–H groups in total. The first-order chi connectivity index (χ1) is 8.58. The summed E-state index contributed by atoms with van der Waals surface area (Å²) in [6.07, 6.45) is 3.00. The molecule has 1 aliphatic rings. The summed E-state index contributed by atoms with van der Waals surface area (Å²) in [7, 11) is 1.85. The highest BCUT2D eigenvalue weighted by molar-refractivity contribution is 5.19. The summed E-state index contributed by atoms with van der Waals surface area (Å²) in [4.78, 5) is 0. The van der Waals surface area contributed by atoms with Crippen molar-refractivity contribution in [2.45, 2.75) is 44.4 Å². The Labute approximate surface area is 106 Å². The van der Waals surface area contributed by atoms with E-state index in [2.05, 4.69) is 12.2 Å². The Bertz CT molecular complexity index is 391. The van der Waals surface area contributed by atoms with Crippen LogP contribution in [0.15, 0.2) is 18.2 Å². The molecule has 4 heteroatoms. The van der Waals surface area contributed by atoms with E-state index in [9.17, 15) is 8.78 Å². The molecule has 0 amide bonds. The van der Waals surface area contributed by atoms with Crippen LogP contribution in [0.2, 0.25) is 0 Å². The SMILES string of the molecule is CNC(Cc1cc(F)cc(F)c1)C1CCC(C)O1. The van der Waals surface area contributed by atoms with Gasteiger partial charge in [0.15, 0.2) is 0 Å². The van der Waals surface area contributed by atoms with Gasteiger partial charge in [0, 0.05) is 12.1 Å². The molecule has 100 valence electrons. The number of rotatable bonds is 4. The van der Waals surface area contributed by atoms with E-state index in [1.165, 1.54) is 12.1 Å². The van der Waals surface area contributed by atoms with Crippen molar-refractivity contribution in [3.63, 3.8) is 0 Å². The maximum absolute atomic E-state index is 13.1. The van der Waals surface area contributed by atoms with Crippen LogP contribution in [0.1, 0.15) is 25.3 Å². The molecule has 18 heavy (non-hydrogen) atoms. The minimum atomic E-state index is -0.527. The summed E-state index contributed by atoms with van der Waals surface area (Å²) in [6, 6.07) is 3.75. The van der Waals surface area contributed by atoms with Crippen molar-refractivity contribution in [2.24, 2.45) is 0 Å². The number of ether oxygens (including phenoxy) is 1. The van der Waals surface area contributed by atoms with Crippen molar-refractivity contribution in [2.75, 3.05) is 7.05 Å². The highest BCUT2D eigenvalue weighted by atomic mass is 19.1. The van der Waals surface area contributed by atoms with E-state index in [0.29, 0.717) is 12.0 Å². The molecule has 2 rings (SSSR count). The van der Waals surface area contributed by atoms with Crippen LogP contribution in [0.3, 0.4) is 0 Å². The zero-order valence-electron chi connectivity index (χ0n) is 10.7. The third-order valence-electron chi connectivity index (χ3n) is 3.46. The minimum Gasteiger partial charge on any atom is -0.374 e. The molecule has 1 saturated heterocycles. The normalized spacial score (nSPS) is 25.3. The number of halogens is 2. The van der Waals surface area contributed by atoms with Crippen molar-refractivity contribution in [1.29, 1.82) is 0 Å². The molecule has 1 heterocycles. The monoisotopic (exact) mass is 255 g/mol. The van der Waals surface area contributed by atoms with Crippen LogP contribution >= 0.6 is 0 Å². The van der Waals surface area contributed by atoms with Gasteiger partial charge >= 0.3 is 0 Å². The standard InChI is InChI=1S/C14H19F2NO/c1-9-3-4-14(18-9)13(17-2)7-10-5-11(15)8-12(16)6-10/h5-6,8-9,13-14,17H,3-4,7H2,1-2H3. The molecule has 0 saturated carbocycles. The van der Waals surface area contributed by atoms with E-state index in [1.54, 1.807) is 0 Å². The predicted octanol–water partition coefficient (Wildman–Crippen LogP) is 2.66. The Balaban J connectivity index is 2.05. The van der Waals surface area contributed by atoms with Gasteiger partial charge in [-0.25, -0.2) is 8.78 Å². The van der Waals surface area contributed by atoms with Gasteiger partial charge in [0.2, 0.25) is 0 Å². The molecular weight excluding hydrogens is 236 g/mol. The highest BCUT2D eigenvalue weighted by Crippen LogP contribution is 2.23. The quantitative estimate of drug-likeness (QED) is 0.893. The fourth-order valence-corrected chi connectivity index (χ4v) is 2.53. The van der Waals surface area contributed by atoms with Crippen molar-refractivity contribution >= 4 is 0 Å². The van der Waals surface area contributed by atoms with E-state index in [4.69, 9.17) is 4.74 Å². The van der Waals surface area contributed by atoms with Gasteiger partial charge in [0.05, 0.1) is 12.2 Å². The maximum Gasteiger partial charge on any atom is 0.126 e. The molecule has 1 aromatic carbocycles. The van der Waals surface area contributed by atoms with E-state index < -0.39 is 11.6 Å². The molecule has 1 aromatic rings. The number of hydrogen-bond donors (Lipinski definition) is 1. The third kappa shape index (κ3) is 3.27. The number of benzene rings is 1. The first-order valence-corrected chi connectivity index (χ1v) is 6.36. The summed E-state index contributed by atoms with van der Waals surface area (Å²) >= 11 is 0. The lowest BCUT2D eigenvalue weighted by Crippen LogP contribution is -2.39. The lowest BCUT2D eigenvalue weighted by molar-refractivity contribution is 0.0337. The van der Waals surface area contributed by atoms with Gasteiger partial charge in [-0.15, -0.1) is 0 Å². The summed E-state index contributed by atoms with van der Waals surface area (Å²) in [6.45, 7) is 2.05. The summed E-state index contributed by atoms with van der Waals surface area (Å²) in [5, 5.41) is 3.18. The molecule has 0 aromatic heterocycles. The Hall–Kier alpha value is -1.00. The van der Waals surface area contributed by atoms with Crippen molar-refractivity contribution in [3.05, 3.63) is 35.4 Å². The van der Waals surface area contributed by atoms with Crippen LogP contribution in [0.5, 0.6) is 0 Å². The van der Waals surface area contributed by atoms with Crippen LogP contribution in [-0.4, -0.2) is 25.3 Å². The topological polar surface area (TPSA) is 21.3 Å². The summed E-state index contributed by atoms with van der Waals surface area (Å²) in [5.74, 6) is -1.05. The number of hydrogen-bond acceptors (Lipinski definition) is 2. The summed E-state index contributed by atoms with van der Waals surface area (Å²) < 4.78 is 32.1. The van der Waals surface area contributed by atoms with Crippen LogP contribution in [-0.2, 0) is 11.2 Å². The van der Waals surface area contributed by atoms with E-state index in [0.717, 1.165) is 18.9 Å². The average Bonchev–Trinajstić information content (AvgIpc) is 2.71. The minimum absolute atomic E-state index is 0.0937. The van der Waals surface area contributed by atoms with E-state index in [1.807, 2.05) is 7.05 Å². The second kappa shape index (κ2) is 5.76. The zero-order chi connectivity index (χ0) is 13.1. The van der Waals surface area contributed by atoms with Gasteiger partial charge in [-0.2, -0.15) is 0 Å². The molecular formula is C14H19F2NO. The zero-order valence-corrected chi connectivity index (χ0v) is 10.7. The summed E-state index contributed by atoms with van der Waals surface area (Å²) in [5.41, 5.74) is 0.662. The molecule has 0 radical (unpaired) electrons. The number of nitrogens with one attached hydrogen (secondary N) is 1. The Morgan fingerprint density at radius 2 is 1.94 bits per heavy atom. The molecule has 1 aliphatic heterocycles. The second-order valence-electron chi connectivity index (χ2n) is 4.94. The Morgan fingerprint density at radius 1 is 1.28 bits per heavy atom. The second-order valence-corrected chi connectivity index (χ2v) is 4.94. The lowest BCUT2D eigenvalue weighted by Gasteiger charge is -2.23. The smallest absolute Gasteiger partial charge is 0.126 e. The molecule has 3 unspecified atom stereocenters. The van der Waals surface area contributed by atoms with Gasteiger partial charge in [-0.05, 0) is 50.9 Å². The van der Waals surface area contributed by atoms with Gasteiger partial charge in [-0.3, -0.25) is 0 Å². The molecule has 0 bridgehead atoms. The highest BCUT2D eigenvalue weighted by Gasteiger charge is 2.28. The van der Waals surface area contributed by atoms with Crippen LogP contribution in [0, 0.1) is 11.6 Å². The largest absolute Gasteiger partial charge is 0.374 e. The fourth-order valence-electron chi connectivity index (χ4n) is 2.53. The van der Waals surface area contributed by atoms with Crippen molar-refractivity contribution < 1.29 is 13.5 Å². The van der Waals surface area contributed by atoms with Crippen LogP contribution in [0.4, 0.5) is 8.78 Å². The Kier molecular flexibility index (Phi) is 4.30. The fraction of sp³-hybridized carbons (Fsp3) is 0.571. The maximum atomic E-state index is 13.1. The van der Waals surface area contributed by atoms with E-state index >= 15 is 0 Å².